The first kappa shape index (κ1) is 9.27. The number of hydrogen-bond donors (Lipinski definition) is 1. The van der Waals surface area contributed by atoms with Crippen LogP contribution in [0.5, 0.6) is 5.75 Å². The maximum Gasteiger partial charge on any atom is 0.145 e. The van der Waals surface area contributed by atoms with Gasteiger partial charge < -0.3 is 15.4 Å². The molecule has 0 spiro atoms. The van der Waals surface area contributed by atoms with Crippen molar-refractivity contribution in [1.82, 2.24) is 9.88 Å². The summed E-state index contributed by atoms with van der Waals surface area (Å²) in [7, 11) is 2.10. The summed E-state index contributed by atoms with van der Waals surface area (Å²) in [5.41, 5.74) is 6.35. The number of aromatic nitrogens is 1. The van der Waals surface area contributed by atoms with Gasteiger partial charge in [0.2, 0.25) is 0 Å². The number of ether oxygens (including phenoxy) is 1. The first-order chi connectivity index (χ1) is 6.75. The second-order valence-electron chi connectivity index (χ2n) is 3.70. The van der Waals surface area contributed by atoms with E-state index in [0.29, 0.717) is 5.69 Å². The normalized spacial score (nSPS) is 22.5. The molecule has 76 valence electrons. The molecule has 1 fully saturated rings. The smallest absolute Gasteiger partial charge is 0.145 e. The van der Waals surface area contributed by atoms with E-state index in [1.165, 1.54) is 0 Å². The van der Waals surface area contributed by atoms with Crippen LogP contribution in [0.4, 0.5) is 5.69 Å². The fraction of sp³-hybridized carbons (Fsp3) is 0.500. The van der Waals surface area contributed by atoms with Crippen LogP contribution in [0.1, 0.15) is 6.42 Å². The van der Waals surface area contributed by atoms with Crippen LogP contribution in [0.3, 0.4) is 0 Å². The number of nitrogens with zero attached hydrogens (tertiary/aromatic N) is 2. The molecule has 1 aliphatic heterocycles. The molecule has 2 N–H and O–H groups in total. The van der Waals surface area contributed by atoms with Gasteiger partial charge in [0.15, 0.2) is 0 Å². The highest BCUT2D eigenvalue weighted by molar-refractivity contribution is 5.49. The van der Waals surface area contributed by atoms with Gasteiger partial charge in [-0.2, -0.15) is 0 Å². The molecule has 4 heteroatoms. The number of rotatable bonds is 2. The predicted molar refractivity (Wildman–Crippen MR) is 55.2 cm³/mol. The molecular weight excluding hydrogens is 178 g/mol. The van der Waals surface area contributed by atoms with Gasteiger partial charge in [-0.15, -0.1) is 0 Å². The number of hydrogen-bond acceptors (Lipinski definition) is 4. The van der Waals surface area contributed by atoms with Crippen molar-refractivity contribution in [2.45, 2.75) is 12.5 Å². The van der Waals surface area contributed by atoms with E-state index in [2.05, 4.69) is 16.9 Å². The van der Waals surface area contributed by atoms with Gasteiger partial charge in [-0.3, -0.25) is 4.98 Å². The molecule has 0 saturated carbocycles. The van der Waals surface area contributed by atoms with Crippen LogP contribution in [-0.4, -0.2) is 36.1 Å². The van der Waals surface area contributed by atoms with Crippen LogP contribution < -0.4 is 10.5 Å². The largest absolute Gasteiger partial charge is 0.487 e. The predicted octanol–water partition coefficient (Wildman–Crippen LogP) is 0.747. The Morgan fingerprint density at radius 3 is 3.14 bits per heavy atom. The zero-order chi connectivity index (χ0) is 9.97. The Bertz CT molecular complexity index is 316. The van der Waals surface area contributed by atoms with Crippen LogP contribution >= 0.6 is 0 Å². The Labute approximate surface area is 83.7 Å². The highest BCUT2D eigenvalue weighted by Crippen LogP contribution is 2.22. The molecule has 4 nitrogen and oxygen atoms in total. The summed E-state index contributed by atoms with van der Waals surface area (Å²) >= 11 is 0. The Morgan fingerprint density at radius 1 is 1.64 bits per heavy atom. The molecule has 1 aromatic heterocycles. The third kappa shape index (κ3) is 1.96. The molecule has 1 atom stereocenters. The lowest BCUT2D eigenvalue weighted by Gasteiger charge is -2.14. The van der Waals surface area contributed by atoms with E-state index >= 15 is 0 Å². The number of nitrogens with two attached hydrogens (primary N) is 1. The molecule has 1 aliphatic rings. The van der Waals surface area contributed by atoms with Crippen LogP contribution in [-0.2, 0) is 0 Å². The first-order valence-corrected chi connectivity index (χ1v) is 4.80. The fourth-order valence-corrected chi connectivity index (χ4v) is 1.67. The van der Waals surface area contributed by atoms with Crippen LogP contribution in [0.2, 0.25) is 0 Å². The van der Waals surface area contributed by atoms with Crippen molar-refractivity contribution in [3.8, 4) is 5.75 Å². The lowest BCUT2D eigenvalue weighted by atomic mass is 10.3. The Balaban J connectivity index is 2.01. The standard InChI is InChI=1S/C10H15N3O/c1-13-5-3-8(7-13)14-10-2-4-12-6-9(10)11/h2,4,6,8H,3,5,7,11H2,1H3/t8-/m1/s1. The molecule has 0 amide bonds. The SMILES string of the molecule is CN1CC[C@@H](Oc2ccncc2N)C1. The van der Waals surface area contributed by atoms with Gasteiger partial charge in [0, 0.05) is 25.4 Å². The molecule has 0 aliphatic carbocycles. The molecule has 14 heavy (non-hydrogen) atoms. The summed E-state index contributed by atoms with van der Waals surface area (Å²) in [6.07, 6.45) is 4.65. The van der Waals surface area contributed by atoms with Gasteiger partial charge in [0.25, 0.3) is 0 Å². The minimum Gasteiger partial charge on any atom is -0.487 e. The van der Waals surface area contributed by atoms with Crippen LogP contribution in [0.15, 0.2) is 18.5 Å². The summed E-state index contributed by atoms with van der Waals surface area (Å²) in [4.78, 5) is 6.17. The lowest BCUT2D eigenvalue weighted by molar-refractivity contribution is 0.209. The van der Waals surface area contributed by atoms with Gasteiger partial charge in [-0.05, 0) is 13.5 Å². The molecule has 1 saturated heterocycles. The van der Waals surface area contributed by atoms with Crippen LogP contribution in [0.25, 0.3) is 0 Å². The van der Waals surface area contributed by atoms with Gasteiger partial charge in [-0.1, -0.05) is 0 Å². The molecule has 1 aromatic rings. The number of pyridine rings is 1. The average Bonchev–Trinajstić information content (AvgIpc) is 2.56. The van der Waals surface area contributed by atoms with Gasteiger partial charge in [-0.25, -0.2) is 0 Å². The van der Waals surface area contributed by atoms with E-state index in [1.807, 2.05) is 6.07 Å². The summed E-state index contributed by atoms with van der Waals surface area (Å²) in [5.74, 6) is 0.750. The average molecular weight is 193 g/mol. The van der Waals surface area contributed by atoms with Gasteiger partial charge in [0.05, 0.1) is 11.9 Å². The van der Waals surface area contributed by atoms with Crippen molar-refractivity contribution in [2.75, 3.05) is 25.9 Å². The topological polar surface area (TPSA) is 51.4 Å². The van der Waals surface area contributed by atoms with Crippen molar-refractivity contribution >= 4 is 5.69 Å². The number of nitrogen functional groups attached to an aromatic ring is 1. The van der Waals surface area contributed by atoms with Crippen molar-refractivity contribution in [1.29, 1.82) is 0 Å². The monoisotopic (exact) mass is 193 g/mol. The minimum absolute atomic E-state index is 0.268. The Hall–Kier alpha value is -1.29. The molecule has 0 radical (unpaired) electrons. The highest BCUT2D eigenvalue weighted by Gasteiger charge is 2.21. The van der Waals surface area contributed by atoms with Gasteiger partial charge >= 0.3 is 0 Å². The molecule has 2 heterocycles. The first-order valence-electron chi connectivity index (χ1n) is 4.80. The highest BCUT2D eigenvalue weighted by atomic mass is 16.5. The quantitative estimate of drug-likeness (QED) is 0.753. The maximum absolute atomic E-state index is 5.77. The third-order valence-electron chi connectivity index (χ3n) is 2.45. The fourth-order valence-electron chi connectivity index (χ4n) is 1.67. The van der Waals surface area contributed by atoms with E-state index in [-0.39, 0.29) is 6.10 Å². The summed E-state index contributed by atoms with van der Waals surface area (Å²) in [6, 6.07) is 1.81. The van der Waals surface area contributed by atoms with Gasteiger partial charge in [0.1, 0.15) is 11.9 Å². The minimum atomic E-state index is 0.268. The maximum atomic E-state index is 5.77. The zero-order valence-corrected chi connectivity index (χ0v) is 8.31. The van der Waals surface area contributed by atoms with Crippen molar-refractivity contribution in [3.05, 3.63) is 18.5 Å². The van der Waals surface area contributed by atoms with Crippen molar-refractivity contribution in [3.63, 3.8) is 0 Å². The second-order valence-corrected chi connectivity index (χ2v) is 3.70. The lowest BCUT2D eigenvalue weighted by Crippen LogP contribution is -2.21. The number of anilines is 1. The summed E-state index contributed by atoms with van der Waals surface area (Å²) in [6.45, 7) is 2.07. The molecule has 0 aromatic carbocycles. The second kappa shape index (κ2) is 3.84. The molecule has 0 unspecified atom stereocenters. The third-order valence-corrected chi connectivity index (χ3v) is 2.45. The van der Waals surface area contributed by atoms with Crippen molar-refractivity contribution in [2.24, 2.45) is 0 Å². The van der Waals surface area contributed by atoms with E-state index in [9.17, 15) is 0 Å². The number of likely N-dealkylation sites (N-methyl/N-ethyl adjacent to an activating group) is 1. The summed E-state index contributed by atoms with van der Waals surface area (Å²) in [5, 5.41) is 0. The zero-order valence-electron chi connectivity index (χ0n) is 8.31. The van der Waals surface area contributed by atoms with E-state index < -0.39 is 0 Å². The molecule has 2 rings (SSSR count). The van der Waals surface area contributed by atoms with Crippen molar-refractivity contribution < 1.29 is 4.74 Å². The van der Waals surface area contributed by atoms with E-state index in [4.69, 9.17) is 10.5 Å². The van der Waals surface area contributed by atoms with Crippen LogP contribution in [0, 0.1) is 0 Å². The number of likely N-dealkylation sites (tertiary alicyclic amines) is 1. The molecular formula is C10H15N3O. The van der Waals surface area contributed by atoms with E-state index in [1.54, 1.807) is 12.4 Å². The summed E-state index contributed by atoms with van der Waals surface area (Å²) < 4.78 is 5.77. The van der Waals surface area contributed by atoms with E-state index in [0.717, 1.165) is 25.3 Å². The molecule has 0 bridgehead atoms. The Morgan fingerprint density at radius 2 is 2.50 bits per heavy atom. The Kier molecular flexibility index (Phi) is 2.54.